The molecule has 4 rings (SSSR count). The average molecular weight is 302 g/mol. The molecule has 1 N–H and O–H groups in total. The highest BCUT2D eigenvalue weighted by atomic mass is 16.5. The summed E-state index contributed by atoms with van der Waals surface area (Å²) < 4.78 is 5.46. The van der Waals surface area contributed by atoms with Crippen LogP contribution in [-0.2, 0) is 0 Å². The van der Waals surface area contributed by atoms with E-state index in [-0.39, 0.29) is 0 Å². The van der Waals surface area contributed by atoms with Crippen molar-refractivity contribution in [1.82, 2.24) is 19.9 Å². The maximum Gasteiger partial charge on any atom is 0.156 e. The minimum Gasteiger partial charge on any atom is -0.496 e. The van der Waals surface area contributed by atoms with Crippen molar-refractivity contribution < 1.29 is 4.74 Å². The number of hydrogen-bond acceptors (Lipinski definition) is 4. The first-order valence-corrected chi connectivity index (χ1v) is 7.25. The van der Waals surface area contributed by atoms with E-state index in [0.717, 1.165) is 39.3 Å². The highest BCUT2D eigenvalue weighted by molar-refractivity contribution is 5.93. The van der Waals surface area contributed by atoms with Crippen molar-refractivity contribution >= 4 is 11.2 Å². The first-order chi connectivity index (χ1) is 11.4. The number of pyridine rings is 1. The lowest BCUT2D eigenvalue weighted by Gasteiger charge is -2.07. The molecule has 5 nitrogen and oxygen atoms in total. The molecule has 112 valence electrons. The molecular formula is C18H14N4O. The van der Waals surface area contributed by atoms with Crippen LogP contribution < -0.4 is 4.74 Å². The molecule has 4 aromatic rings. The lowest BCUT2D eigenvalue weighted by molar-refractivity contribution is 0.416. The van der Waals surface area contributed by atoms with E-state index in [1.165, 1.54) is 0 Å². The molecule has 0 atom stereocenters. The van der Waals surface area contributed by atoms with Crippen LogP contribution >= 0.6 is 0 Å². The van der Waals surface area contributed by atoms with Gasteiger partial charge in [-0.05, 0) is 18.2 Å². The molecule has 3 heterocycles. The standard InChI is InChI=1S/C18H14N4O/c1-23-16-7-3-2-6-13(16)14-10-20-18-17(14)22-15(11-21-18)12-5-4-8-19-9-12/h2-11H,1H3,(H,20,21). The number of aromatic nitrogens is 4. The summed E-state index contributed by atoms with van der Waals surface area (Å²) in [6.07, 6.45) is 7.19. The van der Waals surface area contributed by atoms with Gasteiger partial charge in [0.15, 0.2) is 5.65 Å². The molecule has 23 heavy (non-hydrogen) atoms. The van der Waals surface area contributed by atoms with Gasteiger partial charge in [-0.15, -0.1) is 0 Å². The molecular weight excluding hydrogens is 288 g/mol. The Morgan fingerprint density at radius 1 is 1.00 bits per heavy atom. The maximum absolute atomic E-state index is 5.46. The topological polar surface area (TPSA) is 63.7 Å². The Hall–Kier alpha value is -3.21. The Labute approximate surface area is 133 Å². The van der Waals surface area contributed by atoms with Crippen LogP contribution in [0.3, 0.4) is 0 Å². The third-order valence-corrected chi connectivity index (χ3v) is 3.74. The summed E-state index contributed by atoms with van der Waals surface area (Å²) >= 11 is 0. The second kappa shape index (κ2) is 5.53. The minimum absolute atomic E-state index is 0.749. The highest BCUT2D eigenvalue weighted by Gasteiger charge is 2.13. The van der Waals surface area contributed by atoms with Gasteiger partial charge in [0, 0.05) is 35.3 Å². The Morgan fingerprint density at radius 3 is 2.74 bits per heavy atom. The van der Waals surface area contributed by atoms with Crippen LogP contribution in [0.15, 0.2) is 61.2 Å². The van der Waals surface area contributed by atoms with Crippen LogP contribution in [0.1, 0.15) is 0 Å². The normalized spacial score (nSPS) is 10.8. The molecule has 3 aromatic heterocycles. The van der Waals surface area contributed by atoms with Crippen molar-refractivity contribution in [1.29, 1.82) is 0 Å². The van der Waals surface area contributed by atoms with E-state index in [2.05, 4.69) is 15.0 Å². The molecule has 0 aliphatic carbocycles. The summed E-state index contributed by atoms with van der Waals surface area (Å²) in [5, 5.41) is 0. The molecule has 5 heteroatoms. The number of methoxy groups -OCH3 is 1. The second-order valence-electron chi connectivity index (χ2n) is 5.10. The molecule has 1 aromatic carbocycles. The summed E-state index contributed by atoms with van der Waals surface area (Å²) in [6, 6.07) is 11.7. The molecule has 0 radical (unpaired) electrons. The van der Waals surface area contributed by atoms with Gasteiger partial charge in [0.1, 0.15) is 11.3 Å². The number of para-hydroxylation sites is 1. The van der Waals surface area contributed by atoms with Gasteiger partial charge in [0.2, 0.25) is 0 Å². The van der Waals surface area contributed by atoms with Gasteiger partial charge in [0.05, 0.1) is 19.0 Å². The largest absolute Gasteiger partial charge is 0.496 e. The van der Waals surface area contributed by atoms with E-state index in [0.29, 0.717) is 0 Å². The first-order valence-electron chi connectivity index (χ1n) is 7.25. The summed E-state index contributed by atoms with van der Waals surface area (Å²) in [7, 11) is 1.67. The highest BCUT2D eigenvalue weighted by Crippen LogP contribution is 2.34. The quantitative estimate of drug-likeness (QED) is 0.627. The Balaban J connectivity index is 1.92. The van der Waals surface area contributed by atoms with Crippen molar-refractivity contribution in [2.45, 2.75) is 0 Å². The minimum atomic E-state index is 0.749. The fourth-order valence-corrected chi connectivity index (χ4v) is 2.62. The van der Waals surface area contributed by atoms with Crippen LogP contribution in [-0.4, -0.2) is 27.0 Å². The number of benzene rings is 1. The van der Waals surface area contributed by atoms with Crippen LogP contribution in [0.25, 0.3) is 33.5 Å². The predicted molar refractivity (Wildman–Crippen MR) is 89.1 cm³/mol. The molecule has 0 unspecified atom stereocenters. The fourth-order valence-electron chi connectivity index (χ4n) is 2.62. The van der Waals surface area contributed by atoms with Crippen LogP contribution in [0.4, 0.5) is 0 Å². The summed E-state index contributed by atoms with van der Waals surface area (Å²) in [6.45, 7) is 0. The number of ether oxygens (including phenoxy) is 1. The van der Waals surface area contributed by atoms with Gasteiger partial charge in [-0.2, -0.15) is 0 Å². The Morgan fingerprint density at radius 2 is 1.91 bits per heavy atom. The number of fused-ring (bicyclic) bond motifs is 1. The number of hydrogen-bond donors (Lipinski definition) is 1. The lowest BCUT2D eigenvalue weighted by atomic mass is 10.1. The van der Waals surface area contributed by atoms with E-state index in [1.807, 2.05) is 42.6 Å². The van der Waals surface area contributed by atoms with Crippen molar-refractivity contribution in [2.24, 2.45) is 0 Å². The van der Waals surface area contributed by atoms with Gasteiger partial charge >= 0.3 is 0 Å². The zero-order chi connectivity index (χ0) is 15.6. The summed E-state index contributed by atoms with van der Waals surface area (Å²) in [5.74, 6) is 0.807. The zero-order valence-corrected chi connectivity index (χ0v) is 12.5. The number of H-pyrrole nitrogens is 1. The van der Waals surface area contributed by atoms with Crippen molar-refractivity contribution in [3.8, 4) is 28.1 Å². The van der Waals surface area contributed by atoms with E-state index < -0.39 is 0 Å². The van der Waals surface area contributed by atoms with E-state index >= 15 is 0 Å². The van der Waals surface area contributed by atoms with Crippen LogP contribution in [0, 0.1) is 0 Å². The van der Waals surface area contributed by atoms with Crippen molar-refractivity contribution in [3.05, 3.63) is 61.2 Å². The van der Waals surface area contributed by atoms with Gasteiger partial charge in [0.25, 0.3) is 0 Å². The average Bonchev–Trinajstić information content (AvgIpc) is 3.05. The van der Waals surface area contributed by atoms with Gasteiger partial charge in [-0.3, -0.25) is 4.98 Å². The van der Waals surface area contributed by atoms with Crippen LogP contribution in [0.5, 0.6) is 5.75 Å². The van der Waals surface area contributed by atoms with Gasteiger partial charge in [-0.25, -0.2) is 9.97 Å². The monoisotopic (exact) mass is 302 g/mol. The Kier molecular flexibility index (Phi) is 3.24. The number of nitrogens with one attached hydrogen (secondary N) is 1. The fraction of sp³-hybridized carbons (Fsp3) is 0.0556. The molecule has 0 spiro atoms. The van der Waals surface area contributed by atoms with Crippen LogP contribution in [0.2, 0.25) is 0 Å². The molecule has 0 bridgehead atoms. The summed E-state index contributed by atoms with van der Waals surface area (Å²) in [5.41, 5.74) is 5.25. The second-order valence-corrected chi connectivity index (χ2v) is 5.10. The SMILES string of the molecule is COc1ccccc1-c1c[nH]c2ncc(-c3cccnc3)nc12. The summed E-state index contributed by atoms with van der Waals surface area (Å²) in [4.78, 5) is 16.6. The molecule has 0 aliphatic heterocycles. The predicted octanol–water partition coefficient (Wildman–Crippen LogP) is 3.70. The Bertz CT molecular complexity index is 963. The molecule has 0 saturated heterocycles. The van der Waals surface area contributed by atoms with E-state index in [1.54, 1.807) is 25.7 Å². The maximum atomic E-state index is 5.46. The van der Waals surface area contributed by atoms with E-state index in [9.17, 15) is 0 Å². The molecule has 0 amide bonds. The van der Waals surface area contributed by atoms with Gasteiger partial charge in [-0.1, -0.05) is 18.2 Å². The number of rotatable bonds is 3. The van der Waals surface area contributed by atoms with Crippen molar-refractivity contribution in [2.75, 3.05) is 7.11 Å². The van der Waals surface area contributed by atoms with E-state index in [4.69, 9.17) is 9.72 Å². The van der Waals surface area contributed by atoms with Gasteiger partial charge < -0.3 is 9.72 Å². The third-order valence-electron chi connectivity index (χ3n) is 3.74. The smallest absolute Gasteiger partial charge is 0.156 e. The molecule has 0 fully saturated rings. The first kappa shape index (κ1) is 13.5. The number of nitrogens with zero attached hydrogens (tertiary/aromatic N) is 3. The third kappa shape index (κ3) is 2.32. The van der Waals surface area contributed by atoms with Crippen molar-refractivity contribution in [3.63, 3.8) is 0 Å². The zero-order valence-electron chi connectivity index (χ0n) is 12.5. The lowest BCUT2D eigenvalue weighted by Crippen LogP contribution is -1.90. The molecule has 0 saturated carbocycles. The number of aromatic amines is 1. The molecule has 0 aliphatic rings.